The van der Waals surface area contributed by atoms with Gasteiger partial charge in [0.05, 0.1) is 11.4 Å². The molecular weight excluding hydrogens is 314 g/mol. The monoisotopic (exact) mass is 339 g/mol. The van der Waals surface area contributed by atoms with E-state index in [2.05, 4.69) is 10.6 Å². The number of benzene rings is 2. The summed E-state index contributed by atoms with van der Waals surface area (Å²) in [7, 11) is 0. The van der Waals surface area contributed by atoms with E-state index in [-0.39, 0.29) is 30.4 Å². The molecule has 5 nitrogen and oxygen atoms in total. The molecule has 0 saturated carbocycles. The summed E-state index contributed by atoms with van der Waals surface area (Å²) in [5.74, 6) is -0.0752. The molecule has 2 aromatic carbocycles. The van der Waals surface area contributed by atoms with Gasteiger partial charge >= 0.3 is 6.03 Å². The van der Waals surface area contributed by atoms with E-state index in [1.165, 1.54) is 0 Å². The molecule has 3 amide bonds. The van der Waals surface area contributed by atoms with Gasteiger partial charge in [-0.05, 0) is 45.0 Å². The molecule has 0 saturated heterocycles. The number of nitrogens with zero attached hydrogens (tertiary/aromatic N) is 1. The first-order chi connectivity index (χ1) is 12.0. The molecule has 2 aromatic rings. The highest BCUT2D eigenvalue weighted by molar-refractivity contribution is 5.99. The number of hydrogen-bond acceptors (Lipinski definition) is 2. The van der Waals surface area contributed by atoms with Gasteiger partial charge in [0.2, 0.25) is 5.91 Å². The standard InChI is InChI=1S/C20H25N3O2/c1-15(2)21-19(24)14-16(3)22-20(25)23(17-10-6-4-7-11-17)18-12-8-5-9-13-18/h4-13,15-16H,14H2,1-3H3,(H,21,24)(H,22,25)/t16-/m0/s1. The molecule has 132 valence electrons. The second-order valence-corrected chi connectivity index (χ2v) is 6.28. The van der Waals surface area contributed by atoms with Gasteiger partial charge in [0.15, 0.2) is 0 Å². The summed E-state index contributed by atoms with van der Waals surface area (Å²) in [6.07, 6.45) is 0.237. The number of para-hydroxylation sites is 2. The lowest BCUT2D eigenvalue weighted by molar-refractivity contribution is -0.121. The first kappa shape index (κ1) is 18.5. The molecule has 2 rings (SSSR count). The normalized spacial score (nSPS) is 11.7. The molecule has 0 aliphatic rings. The molecule has 0 spiro atoms. The van der Waals surface area contributed by atoms with Crippen molar-refractivity contribution in [1.29, 1.82) is 0 Å². The van der Waals surface area contributed by atoms with Crippen molar-refractivity contribution in [2.24, 2.45) is 0 Å². The summed E-state index contributed by atoms with van der Waals surface area (Å²) in [6.45, 7) is 5.65. The lowest BCUT2D eigenvalue weighted by atomic mass is 10.2. The Balaban J connectivity index is 2.12. The van der Waals surface area contributed by atoms with Gasteiger partial charge in [0.25, 0.3) is 0 Å². The maximum absolute atomic E-state index is 12.8. The maximum atomic E-state index is 12.8. The molecule has 5 heteroatoms. The number of nitrogens with one attached hydrogen (secondary N) is 2. The van der Waals surface area contributed by atoms with Crippen LogP contribution in [0.1, 0.15) is 27.2 Å². The third-order valence-electron chi connectivity index (χ3n) is 3.54. The third kappa shape index (κ3) is 5.64. The molecule has 0 aromatic heterocycles. The van der Waals surface area contributed by atoms with Crippen LogP contribution < -0.4 is 15.5 Å². The highest BCUT2D eigenvalue weighted by Gasteiger charge is 2.20. The van der Waals surface area contributed by atoms with Crippen molar-refractivity contribution in [2.75, 3.05) is 4.90 Å². The Labute approximate surface area is 149 Å². The zero-order valence-corrected chi connectivity index (χ0v) is 14.9. The van der Waals surface area contributed by atoms with Crippen LogP contribution in [0, 0.1) is 0 Å². The van der Waals surface area contributed by atoms with Crippen molar-refractivity contribution in [3.8, 4) is 0 Å². The van der Waals surface area contributed by atoms with Gasteiger partial charge < -0.3 is 10.6 Å². The minimum absolute atomic E-state index is 0.0752. The van der Waals surface area contributed by atoms with Crippen LogP contribution in [0.3, 0.4) is 0 Å². The molecule has 0 fully saturated rings. The van der Waals surface area contributed by atoms with Gasteiger partial charge in [-0.2, -0.15) is 0 Å². The predicted molar refractivity (Wildman–Crippen MR) is 101 cm³/mol. The van der Waals surface area contributed by atoms with Crippen LogP contribution in [0.4, 0.5) is 16.2 Å². The van der Waals surface area contributed by atoms with Gasteiger partial charge in [0, 0.05) is 18.5 Å². The number of rotatable bonds is 6. The number of amides is 3. The Bertz CT molecular complexity index is 647. The van der Waals surface area contributed by atoms with Gasteiger partial charge in [-0.15, -0.1) is 0 Å². The average Bonchev–Trinajstić information content (AvgIpc) is 2.56. The number of hydrogen-bond donors (Lipinski definition) is 2. The van der Waals surface area contributed by atoms with Gasteiger partial charge in [-0.25, -0.2) is 4.79 Å². The second-order valence-electron chi connectivity index (χ2n) is 6.28. The van der Waals surface area contributed by atoms with Crippen molar-refractivity contribution in [2.45, 2.75) is 39.3 Å². The number of carbonyl (C=O) groups excluding carboxylic acids is 2. The lowest BCUT2D eigenvalue weighted by Crippen LogP contribution is -2.44. The molecule has 0 aliphatic heterocycles. The van der Waals surface area contributed by atoms with Crippen LogP contribution in [-0.4, -0.2) is 24.0 Å². The summed E-state index contributed by atoms with van der Waals surface area (Å²) < 4.78 is 0. The molecule has 25 heavy (non-hydrogen) atoms. The van der Waals surface area contributed by atoms with Crippen LogP contribution in [0.5, 0.6) is 0 Å². The highest BCUT2D eigenvalue weighted by atomic mass is 16.2. The average molecular weight is 339 g/mol. The number of carbonyl (C=O) groups is 2. The zero-order chi connectivity index (χ0) is 18.2. The van der Waals surface area contributed by atoms with Crippen molar-refractivity contribution in [1.82, 2.24) is 10.6 Å². The van der Waals surface area contributed by atoms with E-state index < -0.39 is 0 Å². The quantitative estimate of drug-likeness (QED) is 0.840. The predicted octanol–water partition coefficient (Wildman–Crippen LogP) is 3.84. The molecule has 2 N–H and O–H groups in total. The fraction of sp³-hybridized carbons (Fsp3) is 0.300. The number of urea groups is 1. The van der Waals surface area contributed by atoms with Gasteiger partial charge in [-0.1, -0.05) is 36.4 Å². The van der Waals surface area contributed by atoms with Crippen LogP contribution >= 0.6 is 0 Å². The molecule has 0 radical (unpaired) electrons. The van der Waals surface area contributed by atoms with Crippen LogP contribution in [0.2, 0.25) is 0 Å². The Morgan fingerprint density at radius 3 is 1.76 bits per heavy atom. The summed E-state index contributed by atoms with van der Waals surface area (Å²) in [6, 6.07) is 18.4. The Hall–Kier alpha value is -2.82. The van der Waals surface area contributed by atoms with E-state index in [9.17, 15) is 9.59 Å². The van der Waals surface area contributed by atoms with E-state index in [1.54, 1.807) is 4.90 Å². The highest BCUT2D eigenvalue weighted by Crippen LogP contribution is 2.25. The van der Waals surface area contributed by atoms with E-state index in [4.69, 9.17) is 0 Å². The zero-order valence-electron chi connectivity index (χ0n) is 14.9. The SMILES string of the molecule is CC(C)NC(=O)C[C@H](C)NC(=O)N(c1ccccc1)c1ccccc1. The second kappa shape index (κ2) is 8.87. The molecule has 0 unspecified atom stereocenters. The Kier molecular flexibility index (Phi) is 6.57. The van der Waals surface area contributed by atoms with Crippen molar-refractivity contribution >= 4 is 23.3 Å². The van der Waals surface area contributed by atoms with Crippen molar-refractivity contribution in [3.63, 3.8) is 0 Å². The minimum Gasteiger partial charge on any atom is -0.354 e. The van der Waals surface area contributed by atoms with Crippen molar-refractivity contribution < 1.29 is 9.59 Å². The van der Waals surface area contributed by atoms with Crippen molar-refractivity contribution in [3.05, 3.63) is 60.7 Å². The number of anilines is 2. The van der Waals surface area contributed by atoms with E-state index >= 15 is 0 Å². The summed E-state index contributed by atoms with van der Waals surface area (Å²) in [5.41, 5.74) is 1.54. The first-order valence-corrected chi connectivity index (χ1v) is 8.47. The van der Waals surface area contributed by atoms with E-state index in [0.717, 1.165) is 11.4 Å². The summed E-state index contributed by atoms with van der Waals surface area (Å²) in [4.78, 5) is 26.3. The Morgan fingerprint density at radius 1 is 0.840 bits per heavy atom. The van der Waals surface area contributed by atoms with Gasteiger partial charge in [-0.3, -0.25) is 9.69 Å². The largest absolute Gasteiger partial charge is 0.354 e. The molecular formula is C20H25N3O2. The molecule has 0 bridgehead atoms. The molecule has 1 atom stereocenters. The maximum Gasteiger partial charge on any atom is 0.326 e. The first-order valence-electron chi connectivity index (χ1n) is 8.47. The van der Waals surface area contributed by atoms with Crippen LogP contribution in [0.25, 0.3) is 0 Å². The minimum atomic E-state index is -0.277. The molecule has 0 heterocycles. The third-order valence-corrected chi connectivity index (χ3v) is 3.54. The van der Waals surface area contributed by atoms with E-state index in [1.807, 2.05) is 81.4 Å². The molecule has 0 aliphatic carbocycles. The van der Waals surface area contributed by atoms with Crippen LogP contribution in [-0.2, 0) is 4.79 Å². The summed E-state index contributed by atoms with van der Waals surface area (Å²) in [5, 5.41) is 5.74. The summed E-state index contributed by atoms with van der Waals surface area (Å²) >= 11 is 0. The fourth-order valence-electron chi connectivity index (χ4n) is 2.52. The van der Waals surface area contributed by atoms with E-state index in [0.29, 0.717) is 0 Å². The topological polar surface area (TPSA) is 61.4 Å². The smallest absolute Gasteiger partial charge is 0.326 e. The lowest BCUT2D eigenvalue weighted by Gasteiger charge is -2.25. The van der Waals surface area contributed by atoms with Gasteiger partial charge in [0.1, 0.15) is 0 Å². The van der Waals surface area contributed by atoms with Crippen LogP contribution in [0.15, 0.2) is 60.7 Å². The Morgan fingerprint density at radius 2 is 1.32 bits per heavy atom. The fourth-order valence-corrected chi connectivity index (χ4v) is 2.52.